The van der Waals surface area contributed by atoms with Crippen LogP contribution in [0.1, 0.15) is 38.1 Å². The molecule has 13 heavy (non-hydrogen) atoms. The lowest BCUT2D eigenvalue weighted by atomic mass is 10.1. The second-order valence-corrected chi connectivity index (χ2v) is 4.19. The van der Waals surface area contributed by atoms with Gasteiger partial charge in [0.1, 0.15) is 0 Å². The fourth-order valence-electron chi connectivity index (χ4n) is 1.55. The summed E-state index contributed by atoms with van der Waals surface area (Å²) < 4.78 is 2.11. The van der Waals surface area contributed by atoms with E-state index in [1.165, 1.54) is 18.5 Å². The molecule has 1 rings (SSSR count). The van der Waals surface area contributed by atoms with E-state index in [0.717, 1.165) is 18.2 Å². The topological polar surface area (TPSA) is 17.8 Å². The molecule has 0 saturated carbocycles. The fraction of sp³-hybridized carbons (Fsp3) is 0.727. The highest BCUT2D eigenvalue weighted by atomic mass is 15.3. The van der Waals surface area contributed by atoms with Gasteiger partial charge in [-0.05, 0) is 38.7 Å². The Morgan fingerprint density at radius 1 is 1.38 bits per heavy atom. The van der Waals surface area contributed by atoms with Gasteiger partial charge in [-0.2, -0.15) is 5.10 Å². The van der Waals surface area contributed by atoms with Crippen molar-refractivity contribution in [2.45, 2.75) is 47.1 Å². The van der Waals surface area contributed by atoms with Gasteiger partial charge in [0.2, 0.25) is 0 Å². The van der Waals surface area contributed by atoms with E-state index in [2.05, 4.69) is 36.6 Å². The standard InChI is InChI=1S/C11H20N2/c1-9(2)6-5-7-13-11(4)8-10(3)12-13/h8-9H,5-7H2,1-4H3. The molecule has 0 radical (unpaired) electrons. The molecule has 0 aliphatic heterocycles. The van der Waals surface area contributed by atoms with Crippen LogP contribution in [0.2, 0.25) is 0 Å². The van der Waals surface area contributed by atoms with Gasteiger partial charge in [-0.15, -0.1) is 0 Å². The highest BCUT2D eigenvalue weighted by Gasteiger charge is 2.00. The number of aromatic nitrogens is 2. The van der Waals surface area contributed by atoms with E-state index < -0.39 is 0 Å². The van der Waals surface area contributed by atoms with Crippen molar-refractivity contribution in [1.29, 1.82) is 0 Å². The van der Waals surface area contributed by atoms with Gasteiger partial charge in [-0.1, -0.05) is 13.8 Å². The van der Waals surface area contributed by atoms with Crippen LogP contribution in [0, 0.1) is 19.8 Å². The summed E-state index contributed by atoms with van der Waals surface area (Å²) in [6.45, 7) is 9.77. The van der Waals surface area contributed by atoms with Crippen molar-refractivity contribution in [2.75, 3.05) is 0 Å². The normalized spacial score (nSPS) is 11.2. The summed E-state index contributed by atoms with van der Waals surface area (Å²) >= 11 is 0. The van der Waals surface area contributed by atoms with Gasteiger partial charge in [0.25, 0.3) is 0 Å². The van der Waals surface area contributed by atoms with Crippen molar-refractivity contribution in [3.05, 3.63) is 17.5 Å². The highest BCUT2D eigenvalue weighted by Crippen LogP contribution is 2.07. The molecule has 2 nitrogen and oxygen atoms in total. The van der Waals surface area contributed by atoms with Crippen LogP contribution in [0.25, 0.3) is 0 Å². The predicted molar refractivity (Wildman–Crippen MR) is 55.8 cm³/mol. The number of hydrogen-bond donors (Lipinski definition) is 0. The van der Waals surface area contributed by atoms with Crippen LogP contribution in [0.5, 0.6) is 0 Å². The van der Waals surface area contributed by atoms with Gasteiger partial charge >= 0.3 is 0 Å². The second kappa shape index (κ2) is 4.45. The number of aryl methyl sites for hydroxylation is 3. The largest absolute Gasteiger partial charge is 0.270 e. The summed E-state index contributed by atoms with van der Waals surface area (Å²) in [6, 6.07) is 2.13. The molecule has 1 aromatic rings. The number of nitrogens with zero attached hydrogens (tertiary/aromatic N) is 2. The van der Waals surface area contributed by atoms with Gasteiger partial charge in [-0.25, -0.2) is 0 Å². The quantitative estimate of drug-likeness (QED) is 0.696. The van der Waals surface area contributed by atoms with Crippen molar-refractivity contribution in [3.63, 3.8) is 0 Å². The first kappa shape index (κ1) is 10.3. The number of rotatable bonds is 4. The third-order valence-corrected chi connectivity index (χ3v) is 2.25. The Morgan fingerprint density at radius 3 is 2.54 bits per heavy atom. The van der Waals surface area contributed by atoms with E-state index in [9.17, 15) is 0 Å². The van der Waals surface area contributed by atoms with Crippen molar-refractivity contribution in [1.82, 2.24) is 9.78 Å². The molecule has 0 fully saturated rings. The SMILES string of the molecule is Cc1cc(C)n(CCCC(C)C)n1. The maximum Gasteiger partial charge on any atom is 0.0596 e. The first-order chi connectivity index (χ1) is 6.09. The molecule has 0 aromatic carbocycles. The van der Waals surface area contributed by atoms with Gasteiger partial charge in [-0.3, -0.25) is 4.68 Å². The first-order valence-electron chi connectivity index (χ1n) is 5.10. The maximum atomic E-state index is 4.42. The van der Waals surface area contributed by atoms with Crippen LogP contribution in [-0.2, 0) is 6.54 Å². The summed E-state index contributed by atoms with van der Waals surface area (Å²) in [4.78, 5) is 0. The van der Waals surface area contributed by atoms with Crippen molar-refractivity contribution < 1.29 is 0 Å². The van der Waals surface area contributed by atoms with Crippen molar-refractivity contribution >= 4 is 0 Å². The number of hydrogen-bond acceptors (Lipinski definition) is 1. The van der Waals surface area contributed by atoms with E-state index >= 15 is 0 Å². The molecular weight excluding hydrogens is 160 g/mol. The van der Waals surface area contributed by atoms with Gasteiger partial charge in [0, 0.05) is 12.2 Å². The minimum absolute atomic E-state index is 0.803. The summed E-state index contributed by atoms with van der Waals surface area (Å²) in [5.41, 5.74) is 2.41. The highest BCUT2D eigenvalue weighted by molar-refractivity contribution is 5.06. The fourth-order valence-corrected chi connectivity index (χ4v) is 1.55. The van der Waals surface area contributed by atoms with E-state index in [1.807, 2.05) is 6.92 Å². The molecule has 0 aliphatic rings. The molecule has 74 valence electrons. The molecule has 0 amide bonds. The Hall–Kier alpha value is -0.790. The van der Waals surface area contributed by atoms with Gasteiger partial charge in [0.15, 0.2) is 0 Å². The first-order valence-corrected chi connectivity index (χ1v) is 5.10. The third kappa shape index (κ3) is 3.21. The van der Waals surface area contributed by atoms with Crippen LogP contribution >= 0.6 is 0 Å². The second-order valence-electron chi connectivity index (χ2n) is 4.19. The summed E-state index contributed by atoms with van der Waals surface area (Å²) in [6.07, 6.45) is 2.53. The van der Waals surface area contributed by atoms with Gasteiger partial charge in [0.05, 0.1) is 5.69 Å². The van der Waals surface area contributed by atoms with Crippen LogP contribution in [-0.4, -0.2) is 9.78 Å². The molecular formula is C11H20N2. The molecule has 0 N–H and O–H groups in total. The van der Waals surface area contributed by atoms with E-state index in [0.29, 0.717) is 0 Å². The average molecular weight is 180 g/mol. The Bertz CT molecular complexity index is 261. The Morgan fingerprint density at radius 2 is 2.08 bits per heavy atom. The molecule has 0 atom stereocenters. The molecule has 0 unspecified atom stereocenters. The molecule has 0 bridgehead atoms. The van der Waals surface area contributed by atoms with E-state index in [1.54, 1.807) is 0 Å². The molecule has 2 heteroatoms. The summed E-state index contributed by atoms with van der Waals surface area (Å²) in [5.74, 6) is 0.803. The van der Waals surface area contributed by atoms with E-state index in [-0.39, 0.29) is 0 Å². The zero-order valence-corrected chi connectivity index (χ0v) is 9.17. The Balaban J connectivity index is 2.40. The molecule has 1 aromatic heterocycles. The zero-order chi connectivity index (χ0) is 9.84. The van der Waals surface area contributed by atoms with Crippen LogP contribution < -0.4 is 0 Å². The third-order valence-electron chi connectivity index (χ3n) is 2.25. The minimum atomic E-state index is 0.803. The van der Waals surface area contributed by atoms with Crippen molar-refractivity contribution in [2.24, 2.45) is 5.92 Å². The lowest BCUT2D eigenvalue weighted by Crippen LogP contribution is -2.03. The van der Waals surface area contributed by atoms with Crippen molar-refractivity contribution in [3.8, 4) is 0 Å². The van der Waals surface area contributed by atoms with Crippen LogP contribution in [0.3, 0.4) is 0 Å². The monoisotopic (exact) mass is 180 g/mol. The summed E-state index contributed by atoms with van der Waals surface area (Å²) in [7, 11) is 0. The smallest absolute Gasteiger partial charge is 0.0596 e. The molecule has 1 heterocycles. The average Bonchev–Trinajstić information content (AvgIpc) is 2.29. The lowest BCUT2D eigenvalue weighted by Gasteiger charge is -2.06. The Labute approximate surface area is 81.0 Å². The molecule has 0 aliphatic carbocycles. The zero-order valence-electron chi connectivity index (χ0n) is 9.17. The predicted octanol–water partition coefficient (Wildman–Crippen LogP) is 2.94. The van der Waals surface area contributed by atoms with E-state index in [4.69, 9.17) is 0 Å². The molecule has 0 spiro atoms. The van der Waals surface area contributed by atoms with Gasteiger partial charge < -0.3 is 0 Å². The van der Waals surface area contributed by atoms with Crippen LogP contribution in [0.15, 0.2) is 6.07 Å². The van der Waals surface area contributed by atoms with Crippen LogP contribution in [0.4, 0.5) is 0 Å². The Kier molecular flexibility index (Phi) is 3.52. The summed E-state index contributed by atoms with van der Waals surface area (Å²) in [5, 5.41) is 4.42. The maximum absolute atomic E-state index is 4.42. The minimum Gasteiger partial charge on any atom is -0.270 e. The molecule has 0 saturated heterocycles. The lowest BCUT2D eigenvalue weighted by molar-refractivity contribution is 0.483.